The van der Waals surface area contributed by atoms with Crippen molar-refractivity contribution < 1.29 is 85.2 Å². The standard InChI is InChI=1S/C18H21F15O4/c1-2-3-4-5-6-7-8-11(34)9-35-10-12(19,20)36-17(30,31)18(32,33)37-16(28,29)14(23,24)13(21,22)15(25,26)27/h2,11,34H,1,3-10H2/t11-/m1/s1. The van der Waals surface area contributed by atoms with Crippen LogP contribution in [0.15, 0.2) is 12.7 Å². The van der Waals surface area contributed by atoms with Crippen LogP contribution in [-0.2, 0) is 14.2 Å². The molecule has 0 spiro atoms. The van der Waals surface area contributed by atoms with E-state index in [0.717, 1.165) is 19.3 Å². The molecule has 0 aromatic heterocycles. The van der Waals surface area contributed by atoms with Gasteiger partial charge in [-0.05, 0) is 19.3 Å². The third kappa shape index (κ3) is 9.65. The minimum atomic E-state index is -7.91. The van der Waals surface area contributed by atoms with Gasteiger partial charge in [0, 0.05) is 0 Å². The average Bonchev–Trinajstić information content (AvgIpc) is 2.67. The molecule has 0 aliphatic heterocycles. The van der Waals surface area contributed by atoms with Crippen LogP contribution in [0.5, 0.6) is 0 Å². The first-order valence-corrected chi connectivity index (χ1v) is 9.97. The van der Waals surface area contributed by atoms with Crippen LogP contribution >= 0.6 is 0 Å². The van der Waals surface area contributed by atoms with Crippen molar-refractivity contribution in [1.29, 1.82) is 0 Å². The molecule has 0 fully saturated rings. The molecule has 0 bridgehead atoms. The first-order chi connectivity index (χ1) is 16.4. The Labute approximate surface area is 199 Å². The Balaban J connectivity index is 5.12. The monoisotopic (exact) mass is 586 g/mol. The van der Waals surface area contributed by atoms with Crippen molar-refractivity contribution >= 4 is 0 Å². The van der Waals surface area contributed by atoms with Gasteiger partial charge in [0.05, 0.1) is 12.7 Å². The van der Waals surface area contributed by atoms with Crippen molar-refractivity contribution in [2.75, 3.05) is 13.2 Å². The first-order valence-electron chi connectivity index (χ1n) is 9.97. The minimum Gasteiger partial charge on any atom is -0.391 e. The van der Waals surface area contributed by atoms with Crippen LogP contribution in [0.25, 0.3) is 0 Å². The lowest BCUT2D eigenvalue weighted by Crippen LogP contribution is -2.64. The lowest BCUT2D eigenvalue weighted by atomic mass is 10.1. The summed E-state index contributed by atoms with van der Waals surface area (Å²) in [6.07, 6.45) is -31.7. The van der Waals surface area contributed by atoms with Gasteiger partial charge >= 0.3 is 42.5 Å². The fourth-order valence-corrected chi connectivity index (χ4v) is 2.34. The highest BCUT2D eigenvalue weighted by atomic mass is 19.4. The molecule has 1 N–H and O–H groups in total. The van der Waals surface area contributed by atoms with Gasteiger partial charge in [-0.25, -0.2) is 9.47 Å². The zero-order valence-electron chi connectivity index (χ0n) is 18.4. The van der Waals surface area contributed by atoms with Gasteiger partial charge in [0.1, 0.15) is 6.61 Å². The molecular formula is C18H21F15O4. The molecule has 222 valence electrons. The molecule has 0 saturated heterocycles. The fraction of sp³-hybridized carbons (Fsp3) is 0.889. The predicted molar refractivity (Wildman–Crippen MR) is 92.6 cm³/mol. The van der Waals surface area contributed by atoms with Gasteiger partial charge in [0.2, 0.25) is 0 Å². The normalized spacial score (nSPS) is 15.7. The van der Waals surface area contributed by atoms with Crippen molar-refractivity contribution in [2.24, 2.45) is 0 Å². The van der Waals surface area contributed by atoms with Crippen LogP contribution in [0, 0.1) is 0 Å². The zero-order chi connectivity index (χ0) is 29.6. The Morgan fingerprint density at radius 2 is 1.14 bits per heavy atom. The number of hydrogen-bond donors (Lipinski definition) is 1. The molecule has 0 unspecified atom stereocenters. The van der Waals surface area contributed by atoms with Crippen molar-refractivity contribution in [3.63, 3.8) is 0 Å². The second-order valence-corrected chi connectivity index (χ2v) is 7.49. The van der Waals surface area contributed by atoms with Crippen LogP contribution in [0.1, 0.15) is 38.5 Å². The molecule has 0 radical (unpaired) electrons. The molecule has 1 atom stereocenters. The van der Waals surface area contributed by atoms with Crippen LogP contribution < -0.4 is 0 Å². The number of aliphatic hydroxyl groups excluding tert-OH is 1. The van der Waals surface area contributed by atoms with Crippen molar-refractivity contribution in [3.05, 3.63) is 12.7 Å². The van der Waals surface area contributed by atoms with Gasteiger partial charge in [-0.3, -0.25) is 0 Å². The third-order valence-corrected chi connectivity index (χ3v) is 4.26. The Hall–Kier alpha value is -1.47. The molecule has 0 aliphatic rings. The number of aliphatic hydroxyl groups is 1. The lowest BCUT2D eigenvalue weighted by Gasteiger charge is -2.36. The van der Waals surface area contributed by atoms with Crippen molar-refractivity contribution in [2.45, 2.75) is 87.1 Å². The third-order valence-electron chi connectivity index (χ3n) is 4.26. The van der Waals surface area contributed by atoms with Crippen LogP contribution in [0.2, 0.25) is 0 Å². The maximum atomic E-state index is 13.4. The smallest absolute Gasteiger partial charge is 0.391 e. The highest BCUT2D eigenvalue weighted by molar-refractivity contribution is 4.97. The molecule has 0 aliphatic carbocycles. The van der Waals surface area contributed by atoms with Gasteiger partial charge in [0.15, 0.2) is 0 Å². The number of alkyl halides is 15. The first kappa shape index (κ1) is 35.5. The van der Waals surface area contributed by atoms with Crippen LogP contribution in [0.3, 0.4) is 0 Å². The van der Waals surface area contributed by atoms with E-state index >= 15 is 0 Å². The zero-order valence-corrected chi connectivity index (χ0v) is 18.4. The predicted octanol–water partition coefficient (Wildman–Crippen LogP) is 7.13. The van der Waals surface area contributed by atoms with Crippen molar-refractivity contribution in [1.82, 2.24) is 0 Å². The second-order valence-electron chi connectivity index (χ2n) is 7.49. The van der Waals surface area contributed by atoms with Gasteiger partial charge in [0.25, 0.3) is 0 Å². The molecule has 37 heavy (non-hydrogen) atoms. The molecule has 4 nitrogen and oxygen atoms in total. The number of ether oxygens (including phenoxy) is 3. The van der Waals surface area contributed by atoms with Crippen molar-refractivity contribution in [3.8, 4) is 0 Å². The fourth-order valence-electron chi connectivity index (χ4n) is 2.34. The average molecular weight is 586 g/mol. The number of allylic oxidation sites excluding steroid dienone is 1. The molecule has 0 saturated carbocycles. The molecular weight excluding hydrogens is 565 g/mol. The van der Waals surface area contributed by atoms with E-state index in [-0.39, 0.29) is 6.42 Å². The topological polar surface area (TPSA) is 47.9 Å². The molecule has 19 heteroatoms. The lowest BCUT2D eigenvalue weighted by molar-refractivity contribution is -0.543. The van der Waals surface area contributed by atoms with Gasteiger partial charge in [-0.15, -0.1) is 6.58 Å². The second kappa shape index (κ2) is 12.6. The summed E-state index contributed by atoms with van der Waals surface area (Å²) in [6.45, 7) is 0.161. The summed E-state index contributed by atoms with van der Waals surface area (Å²) >= 11 is 0. The highest BCUT2D eigenvalue weighted by Gasteiger charge is 2.85. The summed E-state index contributed by atoms with van der Waals surface area (Å²) in [4.78, 5) is 0. The molecule has 0 aromatic rings. The summed E-state index contributed by atoms with van der Waals surface area (Å²) in [5.41, 5.74) is 0. The molecule has 0 aromatic carbocycles. The molecule has 0 heterocycles. The SMILES string of the molecule is C=CCCCCCC[C@@H](O)COCC(F)(F)OC(F)(F)C(F)(F)OC(F)(F)C(F)(F)C(F)(F)C(F)(F)F. The number of rotatable bonds is 18. The maximum Gasteiger partial charge on any atom is 0.460 e. The van der Waals surface area contributed by atoms with E-state index in [4.69, 9.17) is 0 Å². The summed E-state index contributed by atoms with van der Waals surface area (Å²) < 4.78 is 201. The van der Waals surface area contributed by atoms with E-state index in [1.807, 2.05) is 0 Å². The highest BCUT2D eigenvalue weighted by Crippen LogP contribution is 2.55. The number of unbranched alkanes of at least 4 members (excludes halogenated alkanes) is 4. The van der Waals surface area contributed by atoms with E-state index in [1.165, 1.54) is 4.74 Å². The number of hydrogen-bond acceptors (Lipinski definition) is 4. The van der Waals surface area contributed by atoms with E-state index < -0.39 is 61.8 Å². The Kier molecular flexibility index (Phi) is 12.1. The number of halogens is 15. The van der Waals surface area contributed by atoms with E-state index in [1.54, 1.807) is 6.08 Å². The Morgan fingerprint density at radius 1 is 0.649 bits per heavy atom. The summed E-state index contributed by atoms with van der Waals surface area (Å²) in [5, 5.41) is 9.53. The van der Waals surface area contributed by atoms with Crippen LogP contribution in [-0.4, -0.2) is 66.9 Å². The van der Waals surface area contributed by atoms with Gasteiger partial charge in [-0.2, -0.15) is 65.9 Å². The maximum absolute atomic E-state index is 13.4. The van der Waals surface area contributed by atoms with E-state index in [2.05, 4.69) is 16.1 Å². The largest absolute Gasteiger partial charge is 0.460 e. The van der Waals surface area contributed by atoms with E-state index in [0.29, 0.717) is 12.8 Å². The van der Waals surface area contributed by atoms with Gasteiger partial charge < -0.3 is 9.84 Å². The Morgan fingerprint density at radius 3 is 1.62 bits per heavy atom. The summed E-state index contributed by atoms with van der Waals surface area (Å²) in [5.74, 6) is -15.7. The van der Waals surface area contributed by atoms with Gasteiger partial charge in [-0.1, -0.05) is 25.3 Å². The quantitative estimate of drug-likeness (QED) is 0.106. The molecule has 0 rings (SSSR count). The van der Waals surface area contributed by atoms with Crippen LogP contribution in [0.4, 0.5) is 65.9 Å². The minimum absolute atomic E-state index is 0.0333. The summed E-state index contributed by atoms with van der Waals surface area (Å²) in [7, 11) is 0. The molecule has 0 amide bonds. The Bertz CT molecular complexity index is 710. The van der Waals surface area contributed by atoms with E-state index in [9.17, 15) is 71.0 Å². The summed E-state index contributed by atoms with van der Waals surface area (Å²) in [6, 6.07) is 0.